The highest BCUT2D eigenvalue weighted by Gasteiger charge is 2.13. The van der Waals surface area contributed by atoms with Crippen molar-refractivity contribution in [2.24, 2.45) is 0 Å². The zero-order valence-corrected chi connectivity index (χ0v) is 11.0. The van der Waals surface area contributed by atoms with E-state index in [1.807, 2.05) is 31.2 Å². The van der Waals surface area contributed by atoms with Gasteiger partial charge in [0.25, 0.3) is 0 Å². The van der Waals surface area contributed by atoms with E-state index in [0.29, 0.717) is 5.56 Å². The van der Waals surface area contributed by atoms with E-state index in [4.69, 9.17) is 0 Å². The standard InChI is InChI=1S/C12H11IN2O/c1-2-15-8-9(7-14-15)12(16)10-5-3-4-6-11(10)13/h3-8H,2H2,1H3. The molecule has 1 heterocycles. The third kappa shape index (κ3) is 2.16. The molecular formula is C12H11IN2O. The number of aryl methyl sites for hydroxylation is 1. The molecule has 2 rings (SSSR count). The molecule has 0 saturated carbocycles. The summed E-state index contributed by atoms with van der Waals surface area (Å²) in [6.45, 7) is 2.77. The lowest BCUT2D eigenvalue weighted by molar-refractivity contribution is 0.103. The third-order valence-corrected chi connectivity index (χ3v) is 3.28. The summed E-state index contributed by atoms with van der Waals surface area (Å²) in [5, 5.41) is 4.10. The molecule has 16 heavy (non-hydrogen) atoms. The lowest BCUT2D eigenvalue weighted by Gasteiger charge is -2.00. The van der Waals surface area contributed by atoms with Gasteiger partial charge < -0.3 is 0 Å². The summed E-state index contributed by atoms with van der Waals surface area (Å²) >= 11 is 2.17. The first kappa shape index (κ1) is 11.3. The van der Waals surface area contributed by atoms with Crippen molar-refractivity contribution in [3.05, 3.63) is 51.4 Å². The number of ketones is 1. The van der Waals surface area contributed by atoms with Gasteiger partial charge >= 0.3 is 0 Å². The van der Waals surface area contributed by atoms with Crippen molar-refractivity contribution in [2.75, 3.05) is 0 Å². The van der Waals surface area contributed by atoms with Crippen molar-refractivity contribution in [1.29, 1.82) is 0 Å². The Morgan fingerprint density at radius 2 is 2.19 bits per heavy atom. The van der Waals surface area contributed by atoms with Crippen LogP contribution in [0.5, 0.6) is 0 Å². The first-order chi connectivity index (χ1) is 7.72. The van der Waals surface area contributed by atoms with Crippen molar-refractivity contribution in [2.45, 2.75) is 13.5 Å². The number of hydrogen-bond acceptors (Lipinski definition) is 2. The molecule has 0 radical (unpaired) electrons. The minimum atomic E-state index is 0.0321. The topological polar surface area (TPSA) is 34.9 Å². The number of aromatic nitrogens is 2. The van der Waals surface area contributed by atoms with Crippen molar-refractivity contribution >= 4 is 28.4 Å². The predicted octanol–water partition coefficient (Wildman–Crippen LogP) is 2.74. The second kappa shape index (κ2) is 4.78. The largest absolute Gasteiger partial charge is 0.288 e. The van der Waals surface area contributed by atoms with E-state index in [1.165, 1.54) is 0 Å². The summed E-state index contributed by atoms with van der Waals surface area (Å²) in [5.74, 6) is 0.0321. The van der Waals surface area contributed by atoms with Crippen LogP contribution in [0.15, 0.2) is 36.7 Å². The minimum Gasteiger partial charge on any atom is -0.288 e. The van der Waals surface area contributed by atoms with Gasteiger partial charge in [-0.05, 0) is 41.6 Å². The highest BCUT2D eigenvalue weighted by atomic mass is 127. The number of benzene rings is 1. The molecule has 0 aliphatic rings. The molecule has 1 aromatic carbocycles. The Labute approximate surface area is 108 Å². The maximum atomic E-state index is 12.1. The Morgan fingerprint density at radius 1 is 1.44 bits per heavy atom. The molecule has 0 spiro atoms. The van der Waals surface area contributed by atoms with Crippen molar-refractivity contribution in [3.8, 4) is 0 Å². The van der Waals surface area contributed by atoms with Gasteiger partial charge in [-0.15, -0.1) is 0 Å². The molecule has 4 heteroatoms. The molecular weight excluding hydrogens is 315 g/mol. The SMILES string of the molecule is CCn1cc(C(=O)c2ccccc2I)cn1. The van der Waals surface area contributed by atoms with Crippen LogP contribution in [0, 0.1) is 3.57 Å². The molecule has 0 bridgehead atoms. The quantitative estimate of drug-likeness (QED) is 0.642. The highest BCUT2D eigenvalue weighted by Crippen LogP contribution is 2.15. The lowest BCUT2D eigenvalue weighted by Crippen LogP contribution is -2.02. The number of hydrogen-bond donors (Lipinski definition) is 0. The molecule has 0 fully saturated rings. The third-order valence-electron chi connectivity index (χ3n) is 2.34. The van der Waals surface area contributed by atoms with E-state index in [9.17, 15) is 4.79 Å². The Morgan fingerprint density at radius 3 is 2.81 bits per heavy atom. The Balaban J connectivity index is 2.35. The molecule has 0 aliphatic carbocycles. The normalized spacial score (nSPS) is 10.4. The molecule has 2 aromatic rings. The number of carbonyl (C=O) groups excluding carboxylic acids is 1. The van der Waals surface area contributed by atoms with Gasteiger partial charge in [0.05, 0.1) is 11.8 Å². The second-order valence-electron chi connectivity index (χ2n) is 3.39. The maximum Gasteiger partial charge on any atom is 0.197 e. The summed E-state index contributed by atoms with van der Waals surface area (Å²) < 4.78 is 2.72. The van der Waals surface area contributed by atoms with Crippen LogP contribution < -0.4 is 0 Å². The maximum absolute atomic E-state index is 12.1. The zero-order chi connectivity index (χ0) is 11.5. The Kier molecular flexibility index (Phi) is 3.38. The van der Waals surface area contributed by atoms with Gasteiger partial charge in [-0.1, -0.05) is 12.1 Å². The summed E-state index contributed by atoms with van der Waals surface area (Å²) in [4.78, 5) is 12.1. The molecule has 0 unspecified atom stereocenters. The van der Waals surface area contributed by atoms with E-state index >= 15 is 0 Å². The zero-order valence-electron chi connectivity index (χ0n) is 8.85. The van der Waals surface area contributed by atoms with Gasteiger partial charge in [-0.2, -0.15) is 5.10 Å². The molecule has 0 aliphatic heterocycles. The predicted molar refractivity (Wildman–Crippen MR) is 70.5 cm³/mol. The van der Waals surface area contributed by atoms with Gasteiger partial charge in [-0.3, -0.25) is 9.48 Å². The van der Waals surface area contributed by atoms with Crippen LogP contribution in [-0.4, -0.2) is 15.6 Å². The molecule has 3 nitrogen and oxygen atoms in total. The summed E-state index contributed by atoms with van der Waals surface area (Å²) in [6, 6.07) is 7.57. The minimum absolute atomic E-state index is 0.0321. The first-order valence-electron chi connectivity index (χ1n) is 5.04. The van der Waals surface area contributed by atoms with E-state index in [0.717, 1.165) is 15.7 Å². The van der Waals surface area contributed by atoms with Crippen LogP contribution in [0.25, 0.3) is 0 Å². The fourth-order valence-electron chi connectivity index (χ4n) is 1.45. The van der Waals surface area contributed by atoms with Gasteiger partial charge in [-0.25, -0.2) is 0 Å². The van der Waals surface area contributed by atoms with Gasteiger partial charge in [0.15, 0.2) is 5.78 Å². The van der Waals surface area contributed by atoms with Crippen molar-refractivity contribution in [3.63, 3.8) is 0 Å². The van der Waals surface area contributed by atoms with Crippen LogP contribution in [-0.2, 0) is 6.54 Å². The van der Waals surface area contributed by atoms with Crippen LogP contribution in [0.2, 0.25) is 0 Å². The van der Waals surface area contributed by atoms with Gasteiger partial charge in [0.1, 0.15) is 0 Å². The van der Waals surface area contributed by atoms with E-state index in [1.54, 1.807) is 17.1 Å². The average Bonchev–Trinajstić information content (AvgIpc) is 2.77. The van der Waals surface area contributed by atoms with Crippen LogP contribution in [0.1, 0.15) is 22.8 Å². The fourth-order valence-corrected chi connectivity index (χ4v) is 2.09. The van der Waals surface area contributed by atoms with E-state index in [2.05, 4.69) is 27.7 Å². The van der Waals surface area contributed by atoms with Crippen LogP contribution >= 0.6 is 22.6 Å². The summed E-state index contributed by atoms with van der Waals surface area (Å²) in [7, 11) is 0. The molecule has 1 aromatic heterocycles. The van der Waals surface area contributed by atoms with Crippen LogP contribution in [0.4, 0.5) is 0 Å². The second-order valence-corrected chi connectivity index (χ2v) is 4.56. The van der Waals surface area contributed by atoms with Crippen molar-refractivity contribution < 1.29 is 4.79 Å². The average molecular weight is 326 g/mol. The smallest absolute Gasteiger partial charge is 0.197 e. The van der Waals surface area contributed by atoms with Gasteiger partial charge in [0, 0.05) is 21.9 Å². The molecule has 0 saturated heterocycles. The Bertz CT molecular complexity index is 519. The fraction of sp³-hybridized carbons (Fsp3) is 0.167. The monoisotopic (exact) mass is 326 g/mol. The molecule has 0 atom stereocenters. The number of carbonyl (C=O) groups is 1. The van der Waals surface area contributed by atoms with E-state index in [-0.39, 0.29) is 5.78 Å². The lowest BCUT2D eigenvalue weighted by atomic mass is 10.1. The highest BCUT2D eigenvalue weighted by molar-refractivity contribution is 14.1. The van der Waals surface area contributed by atoms with Crippen LogP contribution in [0.3, 0.4) is 0 Å². The van der Waals surface area contributed by atoms with E-state index < -0.39 is 0 Å². The molecule has 0 N–H and O–H groups in total. The summed E-state index contributed by atoms with van der Waals surface area (Å²) in [5.41, 5.74) is 1.38. The number of halogens is 1. The number of rotatable bonds is 3. The van der Waals surface area contributed by atoms with Gasteiger partial charge in [0.2, 0.25) is 0 Å². The first-order valence-corrected chi connectivity index (χ1v) is 6.12. The Hall–Kier alpha value is -1.17. The number of nitrogens with zero attached hydrogens (tertiary/aromatic N) is 2. The van der Waals surface area contributed by atoms with Crippen molar-refractivity contribution in [1.82, 2.24) is 9.78 Å². The molecule has 0 amide bonds. The molecule has 82 valence electrons. The summed E-state index contributed by atoms with van der Waals surface area (Å²) in [6.07, 6.45) is 3.40.